The summed E-state index contributed by atoms with van der Waals surface area (Å²) in [6.45, 7) is 4.05. The third kappa shape index (κ3) is 4.00. The molecular weight excluding hydrogens is 360 g/mol. The van der Waals surface area contributed by atoms with Crippen LogP contribution in [0.3, 0.4) is 0 Å². The van der Waals surface area contributed by atoms with Gasteiger partial charge in [0.2, 0.25) is 5.89 Å². The first kappa shape index (κ1) is 16.2. The fourth-order valence-electron chi connectivity index (χ4n) is 3.12. The van der Waals surface area contributed by atoms with Crippen LogP contribution < -0.4 is 0 Å². The number of oxazole rings is 1. The quantitative estimate of drug-likeness (QED) is 0.879. The normalized spacial score (nSPS) is 22.2. The highest BCUT2D eigenvalue weighted by molar-refractivity contribution is 9.10. The third-order valence-electron chi connectivity index (χ3n) is 4.11. The maximum Gasteiger partial charge on any atom is 0.307 e. The van der Waals surface area contributed by atoms with Gasteiger partial charge in [-0.2, -0.15) is 0 Å². The number of aromatic nitrogens is 1. The second-order valence-electron chi connectivity index (χ2n) is 6.20. The molecule has 1 aromatic carbocycles. The predicted octanol–water partition coefficient (Wildman–Crippen LogP) is 3.65. The first-order valence-corrected chi connectivity index (χ1v) is 8.46. The summed E-state index contributed by atoms with van der Waals surface area (Å²) in [5, 5.41) is 9.25. The molecule has 0 amide bonds. The van der Waals surface area contributed by atoms with Gasteiger partial charge in [-0.15, -0.1) is 0 Å². The summed E-state index contributed by atoms with van der Waals surface area (Å²) in [7, 11) is 0. The van der Waals surface area contributed by atoms with Gasteiger partial charge in [0.1, 0.15) is 0 Å². The van der Waals surface area contributed by atoms with Gasteiger partial charge in [-0.25, -0.2) is 4.98 Å². The van der Waals surface area contributed by atoms with Crippen LogP contribution in [-0.2, 0) is 11.3 Å². The van der Waals surface area contributed by atoms with Crippen LogP contribution in [0, 0.1) is 11.8 Å². The monoisotopic (exact) mass is 378 g/mol. The molecule has 0 saturated carbocycles. The molecule has 2 heterocycles. The topological polar surface area (TPSA) is 66.6 Å². The largest absolute Gasteiger partial charge is 0.481 e. The van der Waals surface area contributed by atoms with Crippen LogP contribution in [0.4, 0.5) is 0 Å². The molecule has 3 rings (SSSR count). The summed E-state index contributed by atoms with van der Waals surface area (Å²) in [5.41, 5.74) is 0.966. The molecule has 1 N–H and O–H groups in total. The van der Waals surface area contributed by atoms with Gasteiger partial charge in [-0.05, 0) is 24.5 Å². The van der Waals surface area contributed by atoms with E-state index < -0.39 is 5.97 Å². The zero-order chi connectivity index (χ0) is 16.4. The lowest BCUT2D eigenvalue weighted by molar-refractivity contribution is -0.144. The number of rotatable bonds is 4. The number of carboxylic acid groups (broad SMARTS) is 1. The van der Waals surface area contributed by atoms with Crippen molar-refractivity contribution in [2.45, 2.75) is 19.9 Å². The number of nitrogens with zero attached hydrogens (tertiary/aromatic N) is 2. The smallest absolute Gasteiger partial charge is 0.307 e. The summed E-state index contributed by atoms with van der Waals surface area (Å²) >= 11 is 3.45. The molecule has 1 saturated heterocycles. The molecule has 6 heteroatoms. The minimum atomic E-state index is -0.719. The maximum atomic E-state index is 11.2. The van der Waals surface area contributed by atoms with Crippen LogP contribution in [0.15, 0.2) is 39.4 Å². The Balaban J connectivity index is 1.70. The molecule has 1 fully saturated rings. The van der Waals surface area contributed by atoms with Crippen molar-refractivity contribution in [2.75, 3.05) is 13.1 Å². The van der Waals surface area contributed by atoms with Crippen molar-refractivity contribution in [3.05, 3.63) is 40.8 Å². The summed E-state index contributed by atoms with van der Waals surface area (Å²) in [6.07, 6.45) is 2.46. The predicted molar refractivity (Wildman–Crippen MR) is 89.8 cm³/mol. The minimum Gasteiger partial charge on any atom is -0.481 e. The average molecular weight is 379 g/mol. The fraction of sp³-hybridized carbons (Fsp3) is 0.412. The number of likely N-dealkylation sites (tertiary alicyclic amines) is 1. The first-order valence-electron chi connectivity index (χ1n) is 7.67. The van der Waals surface area contributed by atoms with Crippen molar-refractivity contribution >= 4 is 21.9 Å². The Hall–Kier alpha value is -1.66. The van der Waals surface area contributed by atoms with E-state index in [9.17, 15) is 9.90 Å². The van der Waals surface area contributed by atoms with E-state index >= 15 is 0 Å². The van der Waals surface area contributed by atoms with Gasteiger partial charge in [-0.1, -0.05) is 35.0 Å². The average Bonchev–Trinajstić information content (AvgIpc) is 2.95. The zero-order valence-electron chi connectivity index (χ0n) is 12.9. The number of hydrogen-bond donors (Lipinski definition) is 1. The van der Waals surface area contributed by atoms with E-state index in [2.05, 4.69) is 32.7 Å². The van der Waals surface area contributed by atoms with Gasteiger partial charge in [0.05, 0.1) is 18.7 Å². The number of halogens is 1. The Bertz CT molecular complexity index is 701. The van der Waals surface area contributed by atoms with Crippen molar-refractivity contribution in [3.8, 4) is 11.3 Å². The van der Waals surface area contributed by atoms with Crippen molar-refractivity contribution < 1.29 is 14.3 Å². The van der Waals surface area contributed by atoms with Gasteiger partial charge in [0, 0.05) is 23.1 Å². The molecule has 0 radical (unpaired) electrons. The van der Waals surface area contributed by atoms with Crippen molar-refractivity contribution in [1.29, 1.82) is 0 Å². The number of aliphatic carboxylic acids is 1. The molecule has 1 aliphatic rings. The van der Waals surface area contributed by atoms with E-state index in [1.807, 2.05) is 24.3 Å². The standard InChI is InChI=1S/C17H19BrN2O3/c1-11-5-13(17(21)22)9-20(8-11)10-16-19-7-15(23-16)12-3-2-4-14(18)6-12/h2-4,6-7,11,13H,5,8-10H2,1H3,(H,21,22). The van der Waals surface area contributed by atoms with E-state index in [0.29, 0.717) is 24.9 Å². The molecular formula is C17H19BrN2O3. The highest BCUT2D eigenvalue weighted by Crippen LogP contribution is 2.26. The van der Waals surface area contributed by atoms with Gasteiger partial charge >= 0.3 is 5.97 Å². The van der Waals surface area contributed by atoms with E-state index in [-0.39, 0.29) is 5.92 Å². The van der Waals surface area contributed by atoms with Crippen molar-refractivity contribution in [3.63, 3.8) is 0 Å². The molecule has 0 aliphatic carbocycles. The lowest BCUT2D eigenvalue weighted by Crippen LogP contribution is -2.42. The van der Waals surface area contributed by atoms with Crippen LogP contribution in [0.1, 0.15) is 19.2 Å². The number of hydrogen-bond acceptors (Lipinski definition) is 4. The lowest BCUT2D eigenvalue weighted by atomic mass is 9.90. The lowest BCUT2D eigenvalue weighted by Gasteiger charge is -2.33. The summed E-state index contributed by atoms with van der Waals surface area (Å²) in [4.78, 5) is 17.7. The molecule has 0 bridgehead atoms. The van der Waals surface area contributed by atoms with Gasteiger partial charge in [-0.3, -0.25) is 9.69 Å². The summed E-state index contributed by atoms with van der Waals surface area (Å²) < 4.78 is 6.83. The fourth-order valence-corrected chi connectivity index (χ4v) is 3.52. The van der Waals surface area contributed by atoms with Gasteiger partial charge < -0.3 is 9.52 Å². The Morgan fingerprint density at radius 3 is 3.04 bits per heavy atom. The second-order valence-corrected chi connectivity index (χ2v) is 7.11. The van der Waals surface area contributed by atoms with Crippen LogP contribution in [0.5, 0.6) is 0 Å². The summed E-state index contributed by atoms with van der Waals surface area (Å²) in [5.74, 6) is 0.686. The molecule has 122 valence electrons. The molecule has 23 heavy (non-hydrogen) atoms. The molecule has 1 aromatic heterocycles. The van der Waals surface area contributed by atoms with E-state index in [0.717, 1.165) is 28.8 Å². The highest BCUT2D eigenvalue weighted by Gasteiger charge is 2.30. The number of piperidine rings is 1. The van der Waals surface area contributed by atoms with E-state index in [4.69, 9.17) is 4.42 Å². The first-order chi connectivity index (χ1) is 11.0. The Morgan fingerprint density at radius 2 is 2.30 bits per heavy atom. The zero-order valence-corrected chi connectivity index (χ0v) is 14.5. The SMILES string of the molecule is CC1CC(C(=O)O)CN(Cc2ncc(-c3cccc(Br)c3)o2)C1. The minimum absolute atomic E-state index is 0.307. The van der Waals surface area contributed by atoms with Crippen molar-refractivity contribution in [2.24, 2.45) is 11.8 Å². The van der Waals surface area contributed by atoms with Crippen LogP contribution >= 0.6 is 15.9 Å². The number of carbonyl (C=O) groups is 1. The molecule has 2 unspecified atom stereocenters. The summed E-state index contributed by atoms with van der Waals surface area (Å²) in [6, 6.07) is 7.86. The van der Waals surface area contributed by atoms with Gasteiger partial charge in [0.15, 0.2) is 5.76 Å². The van der Waals surface area contributed by atoms with Gasteiger partial charge in [0.25, 0.3) is 0 Å². The van der Waals surface area contributed by atoms with E-state index in [1.165, 1.54) is 0 Å². The second kappa shape index (κ2) is 6.84. The Kier molecular flexibility index (Phi) is 4.82. The molecule has 0 spiro atoms. The molecule has 5 nitrogen and oxygen atoms in total. The van der Waals surface area contributed by atoms with E-state index in [1.54, 1.807) is 6.20 Å². The third-order valence-corrected chi connectivity index (χ3v) is 4.60. The highest BCUT2D eigenvalue weighted by atomic mass is 79.9. The Labute approximate surface area is 143 Å². The molecule has 2 atom stereocenters. The number of carboxylic acids is 1. The number of benzene rings is 1. The molecule has 2 aromatic rings. The van der Waals surface area contributed by atoms with Crippen molar-refractivity contribution in [1.82, 2.24) is 9.88 Å². The maximum absolute atomic E-state index is 11.2. The van der Waals surface area contributed by atoms with Crippen LogP contribution in [-0.4, -0.2) is 34.0 Å². The van der Waals surface area contributed by atoms with Crippen LogP contribution in [0.25, 0.3) is 11.3 Å². The van der Waals surface area contributed by atoms with Crippen LogP contribution in [0.2, 0.25) is 0 Å². The Morgan fingerprint density at radius 1 is 1.48 bits per heavy atom. The molecule has 1 aliphatic heterocycles.